The Kier molecular flexibility index (Phi) is 8.06. The molecule has 0 aliphatic heterocycles. The Hall–Kier alpha value is -3.60. The Morgan fingerprint density at radius 3 is 2.10 bits per heavy atom. The first-order chi connectivity index (χ1) is 18.9. The van der Waals surface area contributed by atoms with Crippen molar-refractivity contribution < 1.29 is 9.18 Å². The molecular weight excluding hydrogens is 552 g/mol. The molecule has 0 aliphatic rings. The van der Waals surface area contributed by atoms with Gasteiger partial charge in [-0.05, 0) is 84.7 Å². The van der Waals surface area contributed by atoms with Gasteiger partial charge in [-0.1, -0.05) is 61.2 Å². The van der Waals surface area contributed by atoms with Gasteiger partial charge in [-0.2, -0.15) is 0 Å². The van der Waals surface area contributed by atoms with Crippen molar-refractivity contribution in [3.63, 3.8) is 0 Å². The first-order valence-corrected chi connectivity index (χ1v) is 14.6. The number of benzene rings is 3. The molecule has 5 aromatic rings. The average molecular weight is 577 g/mol. The van der Waals surface area contributed by atoms with Crippen molar-refractivity contribution in [2.45, 2.75) is 31.8 Å². The lowest BCUT2D eigenvalue weighted by atomic mass is 10.1. The third-order valence-corrected chi connectivity index (χ3v) is 8.53. The van der Waals surface area contributed by atoms with Crippen LogP contribution in [0.25, 0.3) is 21.7 Å². The molecule has 0 unspecified atom stereocenters. The standard InChI is InChI=1S/C29H25FN4O2S3/c1-3-18-5-11-21(12-6-18)31-24(35)17-38-28-32-26-25(27(36)34(28)23-15-9-20(30)10-16-23)39-29(37)33(26)22-13-7-19(4-2)8-14-22/h5-16H,3-4,17H2,1-2H3,(H,31,35). The van der Waals surface area contributed by atoms with E-state index in [1.54, 1.807) is 4.57 Å². The minimum atomic E-state index is -0.416. The number of carbonyl (C=O) groups is 1. The normalized spacial score (nSPS) is 11.2. The highest BCUT2D eigenvalue weighted by Crippen LogP contribution is 2.28. The predicted octanol–water partition coefficient (Wildman–Crippen LogP) is 6.96. The second kappa shape index (κ2) is 11.6. The maximum absolute atomic E-state index is 13.8. The van der Waals surface area contributed by atoms with Gasteiger partial charge in [-0.15, -0.1) is 0 Å². The van der Waals surface area contributed by atoms with Crippen molar-refractivity contribution in [1.82, 2.24) is 14.1 Å². The first kappa shape index (κ1) is 27.0. The molecule has 2 heterocycles. The zero-order chi connectivity index (χ0) is 27.5. The van der Waals surface area contributed by atoms with Crippen molar-refractivity contribution in [2.24, 2.45) is 0 Å². The SMILES string of the molecule is CCc1ccc(NC(=O)CSc2nc3c(sc(=S)n3-c3ccc(CC)cc3)c(=O)n2-c2ccc(F)cc2)cc1. The fraction of sp³-hybridized carbons (Fsp3) is 0.172. The number of thiazole rings is 1. The Labute approximate surface area is 238 Å². The highest BCUT2D eigenvalue weighted by atomic mass is 32.2. The quantitative estimate of drug-likeness (QED) is 0.123. The maximum atomic E-state index is 13.8. The monoisotopic (exact) mass is 576 g/mol. The highest BCUT2D eigenvalue weighted by molar-refractivity contribution is 7.99. The summed E-state index contributed by atoms with van der Waals surface area (Å²) in [5.74, 6) is -0.632. The number of carbonyl (C=O) groups excluding carboxylic acids is 1. The van der Waals surface area contributed by atoms with Gasteiger partial charge in [0, 0.05) is 11.4 Å². The van der Waals surface area contributed by atoms with Crippen LogP contribution >= 0.6 is 35.3 Å². The van der Waals surface area contributed by atoms with Crippen molar-refractivity contribution in [1.29, 1.82) is 0 Å². The molecule has 0 saturated carbocycles. The number of nitrogens with zero attached hydrogens (tertiary/aromatic N) is 3. The third kappa shape index (κ3) is 5.73. The van der Waals surface area contributed by atoms with Gasteiger partial charge in [0.05, 0.1) is 11.4 Å². The van der Waals surface area contributed by atoms with E-state index in [0.29, 0.717) is 30.8 Å². The molecule has 0 radical (unpaired) electrons. The summed E-state index contributed by atoms with van der Waals surface area (Å²) in [5.41, 5.74) is 4.41. The van der Waals surface area contributed by atoms with Gasteiger partial charge < -0.3 is 5.32 Å². The lowest BCUT2D eigenvalue weighted by Crippen LogP contribution is -2.22. The van der Waals surface area contributed by atoms with Crippen LogP contribution < -0.4 is 10.9 Å². The number of anilines is 1. The molecule has 2 aromatic heterocycles. The Bertz CT molecular complexity index is 1760. The van der Waals surface area contributed by atoms with Crippen molar-refractivity contribution >= 4 is 57.3 Å². The van der Waals surface area contributed by atoms with E-state index in [-0.39, 0.29) is 17.2 Å². The van der Waals surface area contributed by atoms with Gasteiger partial charge >= 0.3 is 0 Å². The summed E-state index contributed by atoms with van der Waals surface area (Å²) in [4.78, 5) is 31.4. The summed E-state index contributed by atoms with van der Waals surface area (Å²) in [6.45, 7) is 4.15. The minimum absolute atomic E-state index is 0.0186. The molecule has 5 rings (SSSR count). The molecule has 0 aliphatic carbocycles. The summed E-state index contributed by atoms with van der Waals surface area (Å²) < 4.78 is 17.7. The predicted molar refractivity (Wildman–Crippen MR) is 160 cm³/mol. The van der Waals surface area contributed by atoms with Crippen molar-refractivity contribution in [3.05, 3.63) is 104 Å². The molecule has 198 valence electrons. The van der Waals surface area contributed by atoms with Gasteiger partial charge in [0.25, 0.3) is 5.56 Å². The van der Waals surface area contributed by atoms with Crippen LogP contribution in [0.1, 0.15) is 25.0 Å². The number of thioether (sulfide) groups is 1. The van der Waals surface area contributed by atoms with Crippen LogP contribution in [-0.4, -0.2) is 25.8 Å². The van der Waals surface area contributed by atoms with E-state index < -0.39 is 5.82 Å². The summed E-state index contributed by atoms with van der Waals surface area (Å²) in [6, 6.07) is 21.2. The smallest absolute Gasteiger partial charge is 0.278 e. The molecular formula is C29H25FN4O2S3. The van der Waals surface area contributed by atoms with Crippen molar-refractivity contribution in [3.8, 4) is 11.4 Å². The van der Waals surface area contributed by atoms with Crippen LogP contribution in [0, 0.1) is 9.77 Å². The lowest BCUT2D eigenvalue weighted by molar-refractivity contribution is -0.113. The fourth-order valence-corrected chi connectivity index (χ4v) is 6.22. The van der Waals surface area contributed by atoms with Gasteiger partial charge in [0.1, 0.15) is 10.5 Å². The van der Waals surface area contributed by atoms with E-state index in [9.17, 15) is 14.0 Å². The summed E-state index contributed by atoms with van der Waals surface area (Å²) in [6.07, 6.45) is 1.82. The second-order valence-corrected chi connectivity index (χ2v) is 11.4. The highest BCUT2D eigenvalue weighted by Gasteiger charge is 2.20. The molecule has 1 N–H and O–H groups in total. The lowest BCUT2D eigenvalue weighted by Gasteiger charge is -2.13. The van der Waals surface area contributed by atoms with E-state index in [2.05, 4.69) is 19.2 Å². The number of fused-ring (bicyclic) bond motifs is 1. The second-order valence-electron chi connectivity index (χ2n) is 8.77. The van der Waals surface area contributed by atoms with Crippen LogP contribution in [0.4, 0.5) is 10.1 Å². The Morgan fingerprint density at radius 1 is 0.923 bits per heavy atom. The van der Waals surface area contributed by atoms with Gasteiger partial charge in [-0.3, -0.25) is 18.7 Å². The van der Waals surface area contributed by atoms with Crippen LogP contribution in [0.2, 0.25) is 0 Å². The molecule has 0 spiro atoms. The summed E-state index contributed by atoms with van der Waals surface area (Å²) >= 11 is 7.96. The van der Waals surface area contributed by atoms with E-state index in [1.807, 2.05) is 48.5 Å². The molecule has 0 fully saturated rings. The fourth-order valence-electron chi connectivity index (χ4n) is 4.11. The number of rotatable bonds is 8. The van der Waals surface area contributed by atoms with E-state index >= 15 is 0 Å². The maximum Gasteiger partial charge on any atom is 0.278 e. The number of aryl methyl sites for hydroxylation is 2. The zero-order valence-electron chi connectivity index (χ0n) is 21.3. The van der Waals surface area contributed by atoms with Crippen LogP contribution in [0.5, 0.6) is 0 Å². The van der Waals surface area contributed by atoms with E-state index in [4.69, 9.17) is 17.2 Å². The number of nitrogens with one attached hydrogen (secondary N) is 1. The van der Waals surface area contributed by atoms with Crippen LogP contribution in [0.15, 0.2) is 82.7 Å². The van der Waals surface area contributed by atoms with Gasteiger partial charge in [0.2, 0.25) is 5.91 Å². The number of hydrogen-bond acceptors (Lipinski definition) is 6. The van der Waals surface area contributed by atoms with Gasteiger partial charge in [0.15, 0.2) is 14.8 Å². The molecule has 0 atom stereocenters. The molecule has 3 aromatic carbocycles. The van der Waals surface area contributed by atoms with E-state index in [0.717, 1.165) is 30.3 Å². The topological polar surface area (TPSA) is 68.9 Å². The average Bonchev–Trinajstić information content (AvgIpc) is 3.29. The van der Waals surface area contributed by atoms with Gasteiger partial charge in [-0.25, -0.2) is 9.37 Å². The zero-order valence-corrected chi connectivity index (χ0v) is 23.8. The molecule has 0 bridgehead atoms. The largest absolute Gasteiger partial charge is 0.325 e. The Morgan fingerprint density at radius 2 is 1.49 bits per heavy atom. The molecule has 0 saturated heterocycles. The molecule has 6 nitrogen and oxygen atoms in total. The summed E-state index contributed by atoms with van der Waals surface area (Å²) in [7, 11) is 0. The first-order valence-electron chi connectivity index (χ1n) is 12.4. The van der Waals surface area contributed by atoms with Crippen LogP contribution in [-0.2, 0) is 17.6 Å². The van der Waals surface area contributed by atoms with E-state index in [1.165, 1.54) is 51.3 Å². The molecule has 1 amide bonds. The summed E-state index contributed by atoms with van der Waals surface area (Å²) in [5, 5.41) is 3.20. The van der Waals surface area contributed by atoms with Crippen molar-refractivity contribution in [2.75, 3.05) is 11.1 Å². The number of aromatic nitrogens is 3. The minimum Gasteiger partial charge on any atom is -0.325 e. The number of hydrogen-bond donors (Lipinski definition) is 1. The number of halogens is 1. The van der Waals surface area contributed by atoms with Crippen LogP contribution in [0.3, 0.4) is 0 Å². The molecule has 39 heavy (non-hydrogen) atoms. The third-order valence-electron chi connectivity index (χ3n) is 6.24. The molecule has 10 heteroatoms. The Balaban J connectivity index is 1.56. The number of amides is 1.